The number of nitrogens with zero attached hydrogens (tertiary/aromatic N) is 3. The third-order valence-electron chi connectivity index (χ3n) is 4.98. The summed E-state index contributed by atoms with van der Waals surface area (Å²) in [6.45, 7) is 3.97. The van der Waals surface area contributed by atoms with E-state index < -0.39 is 6.04 Å². The van der Waals surface area contributed by atoms with Crippen molar-refractivity contribution in [3.8, 4) is 11.5 Å². The first-order valence-corrected chi connectivity index (χ1v) is 11.1. The van der Waals surface area contributed by atoms with Gasteiger partial charge in [0, 0.05) is 17.6 Å². The molecular formula is C24H23FN4OS. The van der Waals surface area contributed by atoms with Crippen LogP contribution in [0.5, 0.6) is 0 Å². The number of anilines is 1. The molecule has 2 aromatic rings. The zero-order chi connectivity index (χ0) is 21.8. The highest BCUT2D eigenvalue weighted by Gasteiger charge is 2.24. The zero-order valence-electron chi connectivity index (χ0n) is 17.4. The molecule has 2 aliphatic rings. The van der Waals surface area contributed by atoms with E-state index in [2.05, 4.69) is 15.3 Å². The normalized spacial score (nSPS) is 12.1. The van der Waals surface area contributed by atoms with Crippen molar-refractivity contribution < 1.29 is 9.18 Å². The first-order valence-electron chi connectivity index (χ1n) is 10.1. The molecule has 31 heavy (non-hydrogen) atoms. The Bertz CT molecular complexity index is 1160. The molecule has 0 fully saturated rings. The van der Waals surface area contributed by atoms with Crippen LogP contribution in [-0.2, 0) is 10.5 Å². The molecule has 2 heterocycles. The van der Waals surface area contributed by atoms with Gasteiger partial charge < -0.3 is 9.88 Å². The number of benzene rings is 2. The lowest BCUT2D eigenvalue weighted by Crippen LogP contribution is -2.26. The van der Waals surface area contributed by atoms with Gasteiger partial charge in [0.2, 0.25) is 5.91 Å². The highest BCUT2D eigenvalue weighted by atomic mass is 32.2. The summed E-state index contributed by atoms with van der Waals surface area (Å²) >= 11 is 1.49. The Hall–Kier alpha value is -3.19. The third kappa shape index (κ3) is 4.94. The minimum absolute atomic E-state index is 0.0888. The first kappa shape index (κ1) is 21.1. The smallest absolute Gasteiger partial charge is 0.247 e. The molecule has 7 heteroatoms. The average molecular weight is 435 g/mol. The molecule has 5 nitrogen and oxygen atoms in total. The van der Waals surface area contributed by atoms with Gasteiger partial charge in [-0.3, -0.25) is 4.79 Å². The first-order chi connectivity index (χ1) is 15.0. The molecule has 2 aromatic carbocycles. The minimum atomic E-state index is -0.407. The van der Waals surface area contributed by atoms with Gasteiger partial charge in [0.05, 0.1) is 0 Å². The maximum absolute atomic E-state index is 13.1. The van der Waals surface area contributed by atoms with Crippen molar-refractivity contribution in [2.45, 2.75) is 37.2 Å². The van der Waals surface area contributed by atoms with Crippen molar-refractivity contribution >= 4 is 23.4 Å². The summed E-state index contributed by atoms with van der Waals surface area (Å²) in [6.07, 6.45) is 2.49. The van der Waals surface area contributed by atoms with Gasteiger partial charge in [0.15, 0.2) is 11.0 Å². The van der Waals surface area contributed by atoms with Crippen LogP contribution in [-0.4, -0.2) is 20.4 Å². The van der Waals surface area contributed by atoms with E-state index in [9.17, 15) is 9.18 Å². The fourth-order valence-corrected chi connectivity index (χ4v) is 4.23. The summed E-state index contributed by atoms with van der Waals surface area (Å²) in [5, 5.41) is 3.64. The summed E-state index contributed by atoms with van der Waals surface area (Å²) in [4.78, 5) is 22.3. The lowest BCUT2D eigenvalue weighted by Gasteiger charge is -2.20. The monoisotopic (exact) mass is 434 g/mol. The van der Waals surface area contributed by atoms with Crippen LogP contribution in [0.1, 0.15) is 30.5 Å². The van der Waals surface area contributed by atoms with E-state index in [1.165, 1.54) is 23.9 Å². The van der Waals surface area contributed by atoms with Crippen molar-refractivity contribution in [2.24, 2.45) is 0 Å². The minimum Gasteiger partial charge on any atom is -0.324 e. The number of halogens is 1. The molecule has 2 aliphatic heterocycles. The molecule has 1 N–H and O–H groups in total. The van der Waals surface area contributed by atoms with Crippen LogP contribution in [0, 0.1) is 12.7 Å². The van der Waals surface area contributed by atoms with Crippen LogP contribution in [0.3, 0.4) is 0 Å². The number of pyridine rings is 1. The topological polar surface area (TPSA) is 59.8 Å². The number of imidazole rings is 1. The number of fused-ring (bicyclic) bond motifs is 1. The van der Waals surface area contributed by atoms with Gasteiger partial charge >= 0.3 is 0 Å². The summed E-state index contributed by atoms with van der Waals surface area (Å²) < 4.78 is 15.0. The summed E-state index contributed by atoms with van der Waals surface area (Å²) in [6, 6.07) is 17.5. The molecule has 1 amide bonds. The van der Waals surface area contributed by atoms with Crippen molar-refractivity contribution in [1.29, 1.82) is 0 Å². The number of carbonyl (C=O) groups excluding carboxylic acids is 1. The predicted molar refractivity (Wildman–Crippen MR) is 122 cm³/mol. The summed E-state index contributed by atoms with van der Waals surface area (Å²) in [5.41, 5.74) is 3.61. The molecule has 0 radical (unpaired) electrons. The molecular weight excluding hydrogens is 411 g/mol. The van der Waals surface area contributed by atoms with Crippen LogP contribution >= 0.6 is 11.8 Å². The number of thioether (sulfide) groups is 1. The van der Waals surface area contributed by atoms with Gasteiger partial charge in [-0.05, 0) is 60.9 Å². The fourth-order valence-electron chi connectivity index (χ4n) is 3.43. The molecule has 4 rings (SSSR count). The molecule has 1 atom stereocenters. The van der Waals surface area contributed by atoms with E-state index in [1.807, 2.05) is 61.0 Å². The SMILES string of the molecule is CCC(C(=O)Nc1cccc(C)c1)n1cccc2nc(SCc3ccc(F)cc3)nc1-2. The highest BCUT2D eigenvalue weighted by molar-refractivity contribution is 7.98. The number of amides is 1. The number of nitrogens with one attached hydrogen (secondary N) is 1. The average Bonchev–Trinajstić information content (AvgIpc) is 3.18. The second-order valence-corrected chi connectivity index (χ2v) is 8.27. The second-order valence-electron chi connectivity index (χ2n) is 7.33. The second kappa shape index (κ2) is 9.31. The molecule has 0 spiro atoms. The maximum atomic E-state index is 13.1. The molecule has 158 valence electrons. The predicted octanol–water partition coefficient (Wildman–Crippen LogP) is 5.71. The Labute approximate surface area is 185 Å². The highest BCUT2D eigenvalue weighted by Crippen LogP contribution is 2.29. The van der Waals surface area contributed by atoms with Crippen molar-refractivity contribution in [3.63, 3.8) is 0 Å². The number of carbonyl (C=O) groups is 1. The Morgan fingerprint density at radius 1 is 1.13 bits per heavy atom. The van der Waals surface area contributed by atoms with E-state index in [4.69, 9.17) is 0 Å². The summed E-state index contributed by atoms with van der Waals surface area (Å²) in [7, 11) is 0. The fraction of sp³-hybridized carbons (Fsp3) is 0.208. The number of aryl methyl sites for hydroxylation is 1. The quantitative estimate of drug-likeness (QED) is 0.378. The largest absolute Gasteiger partial charge is 0.324 e. The molecule has 0 saturated heterocycles. The Kier molecular flexibility index (Phi) is 6.32. The van der Waals surface area contributed by atoms with Crippen molar-refractivity contribution in [1.82, 2.24) is 14.5 Å². The number of hydrogen-bond donors (Lipinski definition) is 1. The Morgan fingerprint density at radius 2 is 1.94 bits per heavy atom. The van der Waals surface area contributed by atoms with Crippen LogP contribution in [0.2, 0.25) is 0 Å². The molecule has 1 unspecified atom stereocenters. The van der Waals surface area contributed by atoms with E-state index in [1.54, 1.807) is 12.1 Å². The molecule has 0 bridgehead atoms. The third-order valence-corrected chi connectivity index (χ3v) is 5.90. The van der Waals surface area contributed by atoms with Gasteiger partial charge in [-0.1, -0.05) is 43.0 Å². The van der Waals surface area contributed by atoms with Gasteiger partial charge in [-0.2, -0.15) is 0 Å². The van der Waals surface area contributed by atoms with Crippen LogP contribution < -0.4 is 5.32 Å². The van der Waals surface area contributed by atoms with Crippen molar-refractivity contribution in [3.05, 3.63) is 83.8 Å². The van der Waals surface area contributed by atoms with Crippen LogP contribution in [0.4, 0.5) is 10.1 Å². The Balaban J connectivity index is 1.54. The van der Waals surface area contributed by atoms with E-state index in [0.717, 1.165) is 22.5 Å². The van der Waals surface area contributed by atoms with Crippen LogP contribution in [0.25, 0.3) is 11.5 Å². The van der Waals surface area contributed by atoms with E-state index in [0.29, 0.717) is 23.2 Å². The van der Waals surface area contributed by atoms with E-state index >= 15 is 0 Å². The molecule has 0 aliphatic carbocycles. The van der Waals surface area contributed by atoms with E-state index in [-0.39, 0.29) is 11.7 Å². The number of rotatable bonds is 7. The number of aromatic nitrogens is 3. The van der Waals surface area contributed by atoms with Gasteiger partial charge in [-0.15, -0.1) is 0 Å². The summed E-state index contributed by atoms with van der Waals surface area (Å²) in [5.74, 6) is 0.978. The lowest BCUT2D eigenvalue weighted by atomic mass is 10.1. The Morgan fingerprint density at radius 3 is 2.68 bits per heavy atom. The molecule has 0 saturated carbocycles. The lowest BCUT2D eigenvalue weighted by molar-refractivity contribution is -0.119. The van der Waals surface area contributed by atoms with Crippen molar-refractivity contribution in [2.75, 3.05) is 5.32 Å². The maximum Gasteiger partial charge on any atom is 0.247 e. The number of hydrogen-bond acceptors (Lipinski definition) is 4. The van der Waals surface area contributed by atoms with Gasteiger partial charge in [-0.25, -0.2) is 14.4 Å². The standard InChI is InChI=1S/C24H23FN4OS/c1-3-21(23(30)26-19-7-4-6-16(2)14-19)29-13-5-8-20-22(29)28-24(27-20)31-15-17-9-11-18(25)12-10-17/h4-14,21H,3,15H2,1-2H3,(H,26,30). The molecule has 0 aromatic heterocycles. The zero-order valence-corrected chi connectivity index (χ0v) is 18.2. The van der Waals surface area contributed by atoms with Gasteiger partial charge in [0.1, 0.15) is 17.6 Å². The van der Waals surface area contributed by atoms with Gasteiger partial charge in [0.25, 0.3) is 0 Å². The van der Waals surface area contributed by atoms with Crippen LogP contribution in [0.15, 0.2) is 72.0 Å².